The van der Waals surface area contributed by atoms with Crippen LogP contribution >= 0.6 is 0 Å². The Kier molecular flexibility index (Phi) is 7.11. The van der Waals surface area contributed by atoms with E-state index in [1.807, 2.05) is 0 Å². The van der Waals surface area contributed by atoms with E-state index in [9.17, 15) is 9.90 Å². The lowest BCUT2D eigenvalue weighted by atomic mass is 9.83. The number of fused-ring (bicyclic) bond motifs is 1. The highest BCUT2D eigenvalue weighted by Crippen LogP contribution is 2.36. The van der Waals surface area contributed by atoms with Gasteiger partial charge in [0, 0.05) is 6.04 Å². The van der Waals surface area contributed by atoms with Crippen LogP contribution in [0.1, 0.15) is 49.3 Å². The van der Waals surface area contributed by atoms with Gasteiger partial charge in [0.25, 0.3) is 7.48 Å². The number of piperidine rings is 1. The molecule has 5 nitrogen and oxygen atoms in total. The van der Waals surface area contributed by atoms with Crippen LogP contribution in [0.5, 0.6) is 0 Å². The minimum absolute atomic E-state index is 0.181. The Morgan fingerprint density at radius 2 is 2.04 bits per heavy atom. The molecule has 0 amide bonds. The Labute approximate surface area is 157 Å². The molecule has 141 valence electrons. The van der Waals surface area contributed by atoms with Crippen molar-refractivity contribution in [1.82, 2.24) is 10.2 Å². The predicted octanol–water partition coefficient (Wildman–Crippen LogP) is 2.24. The SMILES string of the molecule is O=C(O)C(NCCC[B]O)C1CCN(C2CCCc3ccccc32)CC1. The normalized spacial score (nSPS) is 22.6. The number of carboxylic acid groups (broad SMARTS) is 1. The maximum absolute atomic E-state index is 11.7. The highest BCUT2D eigenvalue weighted by molar-refractivity contribution is 6.25. The maximum Gasteiger partial charge on any atom is 0.320 e. The van der Waals surface area contributed by atoms with Crippen molar-refractivity contribution in [1.29, 1.82) is 0 Å². The number of hydrogen-bond acceptors (Lipinski definition) is 4. The second-order valence-electron chi connectivity index (χ2n) is 7.58. The Balaban J connectivity index is 1.56. The minimum atomic E-state index is -0.751. The lowest BCUT2D eigenvalue weighted by Gasteiger charge is -2.41. The first kappa shape index (κ1) is 19.4. The lowest BCUT2D eigenvalue weighted by Crippen LogP contribution is -2.48. The number of carbonyl (C=O) groups is 1. The van der Waals surface area contributed by atoms with Crippen LogP contribution in [0, 0.1) is 5.92 Å². The highest BCUT2D eigenvalue weighted by atomic mass is 16.4. The number of rotatable bonds is 8. The molecule has 3 N–H and O–H groups in total. The van der Waals surface area contributed by atoms with E-state index in [-0.39, 0.29) is 5.92 Å². The molecule has 0 aromatic heterocycles. The van der Waals surface area contributed by atoms with E-state index in [1.165, 1.54) is 30.4 Å². The summed E-state index contributed by atoms with van der Waals surface area (Å²) in [6.45, 7) is 2.57. The number of carboxylic acids is 1. The first-order chi connectivity index (χ1) is 12.7. The summed E-state index contributed by atoms with van der Waals surface area (Å²) < 4.78 is 0. The monoisotopic (exact) mass is 357 g/mol. The molecular weight excluding hydrogens is 327 g/mol. The van der Waals surface area contributed by atoms with Crippen molar-refractivity contribution in [3.05, 3.63) is 35.4 Å². The Morgan fingerprint density at radius 3 is 2.77 bits per heavy atom. The second-order valence-corrected chi connectivity index (χ2v) is 7.58. The zero-order chi connectivity index (χ0) is 18.4. The fraction of sp³-hybridized carbons (Fsp3) is 0.650. The molecule has 0 spiro atoms. The average molecular weight is 357 g/mol. The summed E-state index contributed by atoms with van der Waals surface area (Å²) in [5.41, 5.74) is 2.96. The van der Waals surface area contributed by atoms with Crippen LogP contribution in [0.4, 0.5) is 0 Å². The van der Waals surface area contributed by atoms with E-state index in [2.05, 4.69) is 34.5 Å². The summed E-state index contributed by atoms with van der Waals surface area (Å²) >= 11 is 0. The molecule has 1 aliphatic carbocycles. The summed E-state index contributed by atoms with van der Waals surface area (Å²) in [4.78, 5) is 14.2. The molecular formula is C20H30BN2O3. The van der Waals surface area contributed by atoms with Crippen LogP contribution < -0.4 is 5.32 Å². The molecule has 1 aromatic carbocycles. The summed E-state index contributed by atoms with van der Waals surface area (Å²) in [7, 11) is 1.14. The van der Waals surface area contributed by atoms with Gasteiger partial charge in [-0.05, 0) is 75.2 Å². The Hall–Kier alpha value is -1.37. The van der Waals surface area contributed by atoms with E-state index < -0.39 is 12.0 Å². The summed E-state index contributed by atoms with van der Waals surface area (Å²) in [5, 5.41) is 21.5. The molecule has 1 radical (unpaired) electrons. The first-order valence-corrected chi connectivity index (χ1v) is 9.94. The van der Waals surface area contributed by atoms with Crippen molar-refractivity contribution < 1.29 is 14.9 Å². The summed E-state index contributed by atoms with van der Waals surface area (Å²) in [6, 6.07) is 8.81. The molecule has 26 heavy (non-hydrogen) atoms. The molecule has 1 saturated heterocycles. The molecule has 1 aromatic rings. The van der Waals surface area contributed by atoms with Gasteiger partial charge in [0.1, 0.15) is 6.04 Å². The van der Waals surface area contributed by atoms with E-state index in [1.54, 1.807) is 0 Å². The van der Waals surface area contributed by atoms with Crippen LogP contribution in [-0.2, 0) is 11.2 Å². The largest absolute Gasteiger partial charge is 0.480 e. The standard InChI is InChI=1S/C20H30BN2O3/c24-20(25)19(22-12-4-11-21-26)16-9-13-23(14-10-16)18-8-3-6-15-5-1-2-7-17(15)18/h1-2,5,7,16,18-19,22,26H,3-4,6,8-14H2,(H,24,25). The van der Waals surface area contributed by atoms with Gasteiger partial charge in [-0.1, -0.05) is 30.6 Å². The minimum Gasteiger partial charge on any atom is -0.480 e. The van der Waals surface area contributed by atoms with Gasteiger partial charge in [0.05, 0.1) is 0 Å². The Bertz CT molecular complexity index is 590. The van der Waals surface area contributed by atoms with Gasteiger partial charge in [-0.2, -0.15) is 0 Å². The van der Waals surface area contributed by atoms with Crippen molar-refractivity contribution in [3.8, 4) is 0 Å². The average Bonchev–Trinajstić information content (AvgIpc) is 2.67. The third-order valence-electron chi connectivity index (χ3n) is 5.96. The molecule has 6 heteroatoms. The van der Waals surface area contributed by atoms with Gasteiger partial charge < -0.3 is 15.4 Å². The fourth-order valence-electron chi connectivity index (χ4n) is 4.58. The molecule has 2 atom stereocenters. The molecule has 0 bridgehead atoms. The molecule has 1 heterocycles. The fourth-order valence-corrected chi connectivity index (χ4v) is 4.58. The third-order valence-corrected chi connectivity index (χ3v) is 5.96. The van der Waals surface area contributed by atoms with Crippen molar-refractivity contribution >= 4 is 13.5 Å². The quantitative estimate of drug-likeness (QED) is 0.492. The topological polar surface area (TPSA) is 72.8 Å². The van der Waals surface area contributed by atoms with Gasteiger partial charge in [-0.3, -0.25) is 9.69 Å². The van der Waals surface area contributed by atoms with Gasteiger partial charge in [-0.15, -0.1) is 0 Å². The van der Waals surface area contributed by atoms with Crippen LogP contribution in [0.3, 0.4) is 0 Å². The van der Waals surface area contributed by atoms with Crippen LogP contribution in [-0.4, -0.2) is 54.2 Å². The molecule has 1 fully saturated rings. The smallest absolute Gasteiger partial charge is 0.320 e. The predicted molar refractivity (Wildman–Crippen MR) is 103 cm³/mol. The van der Waals surface area contributed by atoms with E-state index in [4.69, 9.17) is 5.02 Å². The molecule has 3 rings (SSSR count). The number of aliphatic carboxylic acids is 1. The van der Waals surface area contributed by atoms with Crippen molar-refractivity contribution in [3.63, 3.8) is 0 Å². The zero-order valence-corrected chi connectivity index (χ0v) is 15.4. The summed E-state index contributed by atoms with van der Waals surface area (Å²) in [6.07, 6.45) is 6.84. The van der Waals surface area contributed by atoms with Gasteiger partial charge in [0.2, 0.25) is 0 Å². The molecule has 2 aliphatic rings. The van der Waals surface area contributed by atoms with Gasteiger partial charge in [-0.25, -0.2) is 0 Å². The highest BCUT2D eigenvalue weighted by Gasteiger charge is 2.34. The van der Waals surface area contributed by atoms with Gasteiger partial charge >= 0.3 is 5.97 Å². The number of nitrogens with zero attached hydrogens (tertiary/aromatic N) is 1. The van der Waals surface area contributed by atoms with Crippen LogP contribution in [0.25, 0.3) is 0 Å². The zero-order valence-electron chi connectivity index (χ0n) is 15.4. The molecule has 0 saturated carbocycles. The van der Waals surface area contributed by atoms with Gasteiger partial charge in [0.15, 0.2) is 0 Å². The number of aryl methyl sites for hydroxylation is 1. The van der Waals surface area contributed by atoms with E-state index >= 15 is 0 Å². The summed E-state index contributed by atoms with van der Waals surface area (Å²) in [5.74, 6) is -0.569. The Morgan fingerprint density at radius 1 is 1.27 bits per heavy atom. The first-order valence-electron chi connectivity index (χ1n) is 9.94. The number of likely N-dealkylation sites (tertiary alicyclic amines) is 1. The van der Waals surface area contributed by atoms with E-state index in [0.29, 0.717) is 18.9 Å². The van der Waals surface area contributed by atoms with Crippen LogP contribution in [0.15, 0.2) is 24.3 Å². The maximum atomic E-state index is 11.7. The second kappa shape index (κ2) is 9.54. The van der Waals surface area contributed by atoms with Crippen molar-refractivity contribution in [2.45, 2.75) is 56.9 Å². The lowest BCUT2D eigenvalue weighted by molar-refractivity contribution is -0.141. The third kappa shape index (κ3) is 4.67. The van der Waals surface area contributed by atoms with Crippen molar-refractivity contribution in [2.24, 2.45) is 5.92 Å². The number of hydrogen-bond donors (Lipinski definition) is 3. The van der Waals surface area contributed by atoms with Crippen LogP contribution in [0.2, 0.25) is 6.32 Å². The molecule has 1 aliphatic heterocycles. The van der Waals surface area contributed by atoms with E-state index in [0.717, 1.165) is 39.8 Å². The number of nitrogens with one attached hydrogen (secondary N) is 1. The van der Waals surface area contributed by atoms with Crippen molar-refractivity contribution in [2.75, 3.05) is 19.6 Å². The molecule has 2 unspecified atom stereocenters. The number of benzene rings is 1.